The van der Waals surface area contributed by atoms with Crippen molar-refractivity contribution in [2.75, 3.05) is 20.7 Å². The van der Waals surface area contributed by atoms with Gasteiger partial charge in [0.2, 0.25) is 0 Å². The second kappa shape index (κ2) is 2.51. The average Bonchev–Trinajstić information content (AvgIpc) is 2.62. The lowest BCUT2D eigenvalue weighted by atomic mass is 10.1. The number of likely N-dealkylation sites (N-methyl/N-ethyl adjacent to an activating group) is 1. The lowest BCUT2D eigenvalue weighted by molar-refractivity contribution is 0.137. The minimum Gasteiger partial charge on any atom is -0.394 e. The van der Waals surface area contributed by atoms with Gasteiger partial charge >= 0.3 is 0 Å². The molecule has 0 aromatic rings. The Labute approximate surface area is 62.8 Å². The molecule has 0 spiro atoms. The van der Waals surface area contributed by atoms with Gasteiger partial charge in [0, 0.05) is 5.54 Å². The SMILES string of the molecule is CCC1CC1(CO)N(C)C. The van der Waals surface area contributed by atoms with Crippen molar-refractivity contribution in [2.45, 2.75) is 25.3 Å². The maximum atomic E-state index is 9.09. The van der Waals surface area contributed by atoms with Crippen LogP contribution in [0.25, 0.3) is 0 Å². The fraction of sp³-hybridized carbons (Fsp3) is 1.00. The zero-order valence-corrected chi connectivity index (χ0v) is 7.09. The molecule has 0 radical (unpaired) electrons. The van der Waals surface area contributed by atoms with Crippen LogP contribution in [0.15, 0.2) is 0 Å². The summed E-state index contributed by atoms with van der Waals surface area (Å²) in [6.07, 6.45) is 2.37. The van der Waals surface area contributed by atoms with Crippen molar-refractivity contribution in [1.82, 2.24) is 4.90 Å². The van der Waals surface area contributed by atoms with E-state index in [2.05, 4.69) is 11.8 Å². The van der Waals surface area contributed by atoms with Gasteiger partial charge in [-0.25, -0.2) is 0 Å². The van der Waals surface area contributed by atoms with Crippen LogP contribution in [-0.2, 0) is 0 Å². The predicted octanol–water partition coefficient (Wildman–Crippen LogP) is 0.709. The van der Waals surface area contributed by atoms with Gasteiger partial charge in [0.1, 0.15) is 0 Å². The standard InChI is InChI=1S/C8H17NO/c1-4-7-5-8(7,6-10)9(2)3/h7,10H,4-6H2,1-3H3. The highest BCUT2D eigenvalue weighted by Gasteiger charge is 2.53. The molecule has 2 unspecified atom stereocenters. The van der Waals surface area contributed by atoms with Gasteiger partial charge in [-0.05, 0) is 26.4 Å². The van der Waals surface area contributed by atoms with Crippen LogP contribution in [0.3, 0.4) is 0 Å². The Morgan fingerprint density at radius 1 is 1.60 bits per heavy atom. The highest BCUT2D eigenvalue weighted by molar-refractivity contribution is 5.09. The molecule has 0 aliphatic heterocycles. The maximum absolute atomic E-state index is 9.09. The Morgan fingerprint density at radius 2 is 2.20 bits per heavy atom. The molecular weight excluding hydrogens is 126 g/mol. The number of rotatable bonds is 3. The van der Waals surface area contributed by atoms with Crippen LogP contribution in [0.5, 0.6) is 0 Å². The number of hydrogen-bond acceptors (Lipinski definition) is 2. The summed E-state index contributed by atoms with van der Waals surface area (Å²) in [6, 6.07) is 0. The van der Waals surface area contributed by atoms with E-state index < -0.39 is 0 Å². The molecule has 10 heavy (non-hydrogen) atoms. The number of nitrogens with zero attached hydrogens (tertiary/aromatic N) is 1. The molecular formula is C8H17NO. The fourth-order valence-electron chi connectivity index (χ4n) is 1.77. The molecule has 2 atom stereocenters. The quantitative estimate of drug-likeness (QED) is 0.629. The summed E-state index contributed by atoms with van der Waals surface area (Å²) in [5.41, 5.74) is 0.148. The monoisotopic (exact) mass is 143 g/mol. The van der Waals surface area contributed by atoms with Crippen molar-refractivity contribution in [3.05, 3.63) is 0 Å². The first-order chi connectivity index (χ1) is 4.67. The van der Waals surface area contributed by atoms with Crippen molar-refractivity contribution in [3.8, 4) is 0 Å². The fourth-order valence-corrected chi connectivity index (χ4v) is 1.77. The van der Waals surface area contributed by atoms with Crippen LogP contribution < -0.4 is 0 Å². The molecule has 2 nitrogen and oxygen atoms in total. The Hall–Kier alpha value is -0.0800. The molecule has 0 bridgehead atoms. The van der Waals surface area contributed by atoms with E-state index >= 15 is 0 Å². The third kappa shape index (κ3) is 0.956. The third-order valence-electron chi connectivity index (χ3n) is 2.86. The normalized spacial score (nSPS) is 38.7. The minimum absolute atomic E-state index is 0.148. The van der Waals surface area contributed by atoms with E-state index in [0.29, 0.717) is 6.61 Å². The van der Waals surface area contributed by atoms with E-state index in [4.69, 9.17) is 5.11 Å². The van der Waals surface area contributed by atoms with Gasteiger partial charge in [0.05, 0.1) is 6.61 Å². The Balaban J connectivity index is 2.50. The molecule has 0 amide bonds. The molecule has 1 rings (SSSR count). The molecule has 1 fully saturated rings. The van der Waals surface area contributed by atoms with Crippen LogP contribution in [0.4, 0.5) is 0 Å². The van der Waals surface area contributed by atoms with Crippen LogP contribution in [-0.4, -0.2) is 36.2 Å². The molecule has 0 saturated heterocycles. The van der Waals surface area contributed by atoms with Crippen LogP contribution >= 0.6 is 0 Å². The molecule has 1 aliphatic carbocycles. The third-order valence-corrected chi connectivity index (χ3v) is 2.86. The first-order valence-electron chi connectivity index (χ1n) is 3.95. The Kier molecular flexibility index (Phi) is 2.02. The van der Waals surface area contributed by atoms with Crippen LogP contribution in [0, 0.1) is 5.92 Å². The van der Waals surface area contributed by atoms with E-state index in [1.54, 1.807) is 0 Å². The summed E-state index contributed by atoms with van der Waals surface area (Å²) in [6.45, 7) is 2.50. The molecule has 1 N–H and O–H groups in total. The van der Waals surface area contributed by atoms with Crippen molar-refractivity contribution in [1.29, 1.82) is 0 Å². The summed E-state index contributed by atoms with van der Waals surface area (Å²) >= 11 is 0. The Bertz CT molecular complexity index is 124. The van der Waals surface area contributed by atoms with Crippen molar-refractivity contribution in [2.24, 2.45) is 5.92 Å². The lowest BCUT2D eigenvalue weighted by Gasteiger charge is -2.22. The zero-order chi connectivity index (χ0) is 7.78. The maximum Gasteiger partial charge on any atom is 0.0618 e. The van der Waals surface area contributed by atoms with Gasteiger partial charge in [-0.3, -0.25) is 0 Å². The van der Waals surface area contributed by atoms with E-state index in [0.717, 1.165) is 5.92 Å². The Morgan fingerprint density at radius 3 is 2.30 bits per heavy atom. The van der Waals surface area contributed by atoms with E-state index in [9.17, 15) is 0 Å². The van der Waals surface area contributed by atoms with Gasteiger partial charge in [0.25, 0.3) is 0 Å². The van der Waals surface area contributed by atoms with Gasteiger partial charge in [0.15, 0.2) is 0 Å². The molecule has 0 aromatic heterocycles. The molecule has 2 heteroatoms. The average molecular weight is 143 g/mol. The van der Waals surface area contributed by atoms with E-state index in [1.165, 1.54) is 12.8 Å². The molecule has 1 aliphatic rings. The molecule has 1 saturated carbocycles. The summed E-state index contributed by atoms with van der Waals surface area (Å²) in [5, 5.41) is 9.09. The largest absolute Gasteiger partial charge is 0.394 e. The highest BCUT2D eigenvalue weighted by Crippen LogP contribution is 2.48. The van der Waals surface area contributed by atoms with Crippen LogP contribution in [0.2, 0.25) is 0 Å². The van der Waals surface area contributed by atoms with Gasteiger partial charge in [-0.1, -0.05) is 13.3 Å². The van der Waals surface area contributed by atoms with Crippen molar-refractivity contribution >= 4 is 0 Å². The predicted molar refractivity (Wildman–Crippen MR) is 41.9 cm³/mol. The van der Waals surface area contributed by atoms with E-state index in [-0.39, 0.29) is 5.54 Å². The minimum atomic E-state index is 0.148. The van der Waals surface area contributed by atoms with Crippen molar-refractivity contribution < 1.29 is 5.11 Å². The number of hydrogen-bond donors (Lipinski definition) is 1. The summed E-state index contributed by atoms with van der Waals surface area (Å²) in [7, 11) is 4.10. The first kappa shape index (κ1) is 8.02. The van der Waals surface area contributed by atoms with Crippen molar-refractivity contribution in [3.63, 3.8) is 0 Å². The second-order valence-electron chi connectivity index (χ2n) is 3.47. The van der Waals surface area contributed by atoms with Gasteiger partial charge < -0.3 is 10.0 Å². The number of aliphatic hydroxyl groups excluding tert-OH is 1. The summed E-state index contributed by atoms with van der Waals surface area (Å²) in [5.74, 6) is 0.729. The number of aliphatic hydroxyl groups is 1. The zero-order valence-electron chi connectivity index (χ0n) is 7.09. The second-order valence-corrected chi connectivity index (χ2v) is 3.47. The first-order valence-corrected chi connectivity index (χ1v) is 3.95. The van der Waals surface area contributed by atoms with Gasteiger partial charge in [-0.2, -0.15) is 0 Å². The van der Waals surface area contributed by atoms with E-state index in [1.807, 2.05) is 14.1 Å². The van der Waals surface area contributed by atoms with Crippen LogP contribution in [0.1, 0.15) is 19.8 Å². The summed E-state index contributed by atoms with van der Waals surface area (Å²) < 4.78 is 0. The smallest absolute Gasteiger partial charge is 0.0618 e. The molecule has 0 heterocycles. The topological polar surface area (TPSA) is 23.5 Å². The molecule has 0 aromatic carbocycles. The summed E-state index contributed by atoms with van der Waals surface area (Å²) in [4.78, 5) is 2.15. The highest BCUT2D eigenvalue weighted by atomic mass is 16.3. The molecule has 60 valence electrons. The lowest BCUT2D eigenvalue weighted by Crippen LogP contribution is -2.35. The van der Waals surface area contributed by atoms with Gasteiger partial charge in [-0.15, -0.1) is 0 Å².